The van der Waals surface area contributed by atoms with Crippen LogP contribution in [0.3, 0.4) is 0 Å². The summed E-state index contributed by atoms with van der Waals surface area (Å²) >= 11 is 0. The Bertz CT molecular complexity index is 715. The first kappa shape index (κ1) is 19.5. The maximum atomic E-state index is 12.5. The number of urea groups is 1. The summed E-state index contributed by atoms with van der Waals surface area (Å²) in [6.45, 7) is 2.36. The Hall–Kier alpha value is -2.83. The first-order chi connectivity index (χ1) is 12.5. The van der Waals surface area contributed by atoms with Gasteiger partial charge in [-0.15, -0.1) is 0 Å². The van der Waals surface area contributed by atoms with Crippen LogP contribution in [0.4, 0.5) is 4.79 Å². The third-order valence-electron chi connectivity index (χ3n) is 4.18. The van der Waals surface area contributed by atoms with Gasteiger partial charge in [-0.1, -0.05) is 42.4 Å². The Morgan fingerprint density at radius 3 is 2.69 bits per heavy atom. The van der Waals surface area contributed by atoms with E-state index in [1.165, 1.54) is 0 Å². The molecule has 0 bridgehead atoms. The summed E-state index contributed by atoms with van der Waals surface area (Å²) in [5, 5.41) is 15.8. The molecule has 0 fully saturated rings. The number of rotatable bonds is 9. The van der Waals surface area contributed by atoms with Crippen molar-refractivity contribution < 1.29 is 19.2 Å². The maximum absolute atomic E-state index is 12.5. The van der Waals surface area contributed by atoms with E-state index in [1.54, 1.807) is 18.2 Å². The quantitative estimate of drug-likeness (QED) is 0.718. The van der Waals surface area contributed by atoms with Crippen LogP contribution in [-0.2, 0) is 24.2 Å². The van der Waals surface area contributed by atoms with Gasteiger partial charge in [0.1, 0.15) is 6.26 Å². The minimum absolute atomic E-state index is 0.00707. The van der Waals surface area contributed by atoms with Crippen molar-refractivity contribution in [3.05, 3.63) is 53.4 Å². The van der Waals surface area contributed by atoms with Gasteiger partial charge in [0.15, 0.2) is 0 Å². The number of carbonyl (C=O) groups is 2. The molecule has 0 aliphatic carbocycles. The number of carboxylic acids is 1. The number of aromatic nitrogens is 1. The van der Waals surface area contributed by atoms with Gasteiger partial charge in [-0.05, 0) is 24.8 Å². The summed E-state index contributed by atoms with van der Waals surface area (Å²) in [4.78, 5) is 25.0. The van der Waals surface area contributed by atoms with Crippen LogP contribution in [0.1, 0.15) is 36.6 Å². The van der Waals surface area contributed by atoms with Crippen molar-refractivity contribution >= 4 is 12.0 Å². The predicted octanol–water partition coefficient (Wildman–Crippen LogP) is 2.85. The highest BCUT2D eigenvalue weighted by atomic mass is 16.5. The number of amides is 2. The summed E-state index contributed by atoms with van der Waals surface area (Å²) in [7, 11) is 1.69. The molecule has 2 N–H and O–H groups in total. The van der Waals surface area contributed by atoms with Crippen LogP contribution in [0.5, 0.6) is 0 Å². The van der Waals surface area contributed by atoms with E-state index in [0.717, 1.165) is 23.2 Å². The molecule has 1 unspecified atom stereocenters. The fraction of sp³-hybridized carbons (Fsp3) is 0.421. The number of hydrogen-bond donors (Lipinski definition) is 2. The lowest BCUT2D eigenvalue weighted by Crippen LogP contribution is -2.44. The first-order valence-corrected chi connectivity index (χ1v) is 8.69. The van der Waals surface area contributed by atoms with Gasteiger partial charge in [0.25, 0.3) is 0 Å². The largest absolute Gasteiger partial charge is 0.481 e. The number of nitrogens with zero attached hydrogens (tertiary/aromatic N) is 2. The second-order valence-electron chi connectivity index (χ2n) is 6.26. The molecule has 1 atom stereocenters. The van der Waals surface area contributed by atoms with E-state index in [-0.39, 0.29) is 18.5 Å². The molecule has 0 aliphatic heterocycles. The molecule has 7 nitrogen and oxygen atoms in total. The van der Waals surface area contributed by atoms with Crippen LogP contribution in [0.25, 0.3) is 0 Å². The third-order valence-corrected chi connectivity index (χ3v) is 4.18. The van der Waals surface area contributed by atoms with Crippen molar-refractivity contribution in [1.29, 1.82) is 0 Å². The van der Waals surface area contributed by atoms with Crippen LogP contribution < -0.4 is 5.32 Å². The zero-order chi connectivity index (χ0) is 18.9. The van der Waals surface area contributed by atoms with Gasteiger partial charge in [-0.25, -0.2) is 4.79 Å². The van der Waals surface area contributed by atoms with Crippen molar-refractivity contribution in [3.8, 4) is 0 Å². The van der Waals surface area contributed by atoms with Gasteiger partial charge >= 0.3 is 12.0 Å². The van der Waals surface area contributed by atoms with E-state index >= 15 is 0 Å². The second kappa shape index (κ2) is 9.60. The van der Waals surface area contributed by atoms with E-state index in [2.05, 4.69) is 10.5 Å². The molecule has 0 saturated heterocycles. The molecule has 2 amide bonds. The van der Waals surface area contributed by atoms with E-state index in [4.69, 9.17) is 9.63 Å². The fourth-order valence-electron chi connectivity index (χ4n) is 2.73. The Morgan fingerprint density at radius 1 is 1.31 bits per heavy atom. The summed E-state index contributed by atoms with van der Waals surface area (Å²) in [5.41, 5.74) is 2.75. The van der Waals surface area contributed by atoms with Crippen LogP contribution in [0.2, 0.25) is 0 Å². The number of nitrogens with one attached hydrogen (secondary N) is 1. The Balaban J connectivity index is 1.98. The van der Waals surface area contributed by atoms with Crippen LogP contribution in [0.15, 0.2) is 41.1 Å². The number of benzene rings is 1. The molecule has 140 valence electrons. The predicted molar refractivity (Wildman–Crippen MR) is 96.7 cm³/mol. The highest BCUT2D eigenvalue weighted by Gasteiger charge is 2.19. The average molecular weight is 359 g/mol. The number of aryl methyl sites for hydroxylation is 1. The van der Waals surface area contributed by atoms with Crippen LogP contribution >= 0.6 is 0 Å². The standard InChI is InChI=1S/C19H25N3O4/c1-3-17-15(13-26-21-17)12-22(2)19(25)20-16(9-10-18(23)24)11-14-7-5-4-6-8-14/h4-8,13,16H,3,9-12H2,1-2H3,(H,20,25)(H,23,24). The lowest BCUT2D eigenvalue weighted by atomic mass is 10.0. The molecule has 2 aromatic rings. The number of carbonyl (C=O) groups excluding carboxylic acids is 1. The second-order valence-corrected chi connectivity index (χ2v) is 6.26. The van der Waals surface area contributed by atoms with Gasteiger partial charge in [0.05, 0.1) is 12.2 Å². The van der Waals surface area contributed by atoms with Crippen molar-refractivity contribution in [2.45, 2.75) is 45.2 Å². The lowest BCUT2D eigenvalue weighted by molar-refractivity contribution is -0.137. The lowest BCUT2D eigenvalue weighted by Gasteiger charge is -2.23. The van der Waals surface area contributed by atoms with Crippen molar-refractivity contribution in [2.24, 2.45) is 0 Å². The van der Waals surface area contributed by atoms with Gasteiger partial charge in [0.2, 0.25) is 0 Å². The van der Waals surface area contributed by atoms with E-state index in [0.29, 0.717) is 19.4 Å². The molecule has 0 saturated carbocycles. The average Bonchev–Trinajstić information content (AvgIpc) is 3.07. The summed E-state index contributed by atoms with van der Waals surface area (Å²) in [6.07, 6.45) is 3.25. The Morgan fingerprint density at radius 2 is 2.04 bits per heavy atom. The van der Waals surface area contributed by atoms with Gasteiger partial charge in [-0.3, -0.25) is 4.79 Å². The topological polar surface area (TPSA) is 95.7 Å². The highest BCUT2D eigenvalue weighted by Crippen LogP contribution is 2.12. The summed E-state index contributed by atoms with van der Waals surface area (Å²) in [5.74, 6) is -0.872. The summed E-state index contributed by atoms with van der Waals surface area (Å²) < 4.78 is 4.97. The molecular weight excluding hydrogens is 334 g/mol. The van der Waals surface area contributed by atoms with Gasteiger partial charge < -0.3 is 19.8 Å². The smallest absolute Gasteiger partial charge is 0.317 e. The zero-order valence-corrected chi connectivity index (χ0v) is 15.1. The molecule has 1 aromatic heterocycles. The normalized spacial score (nSPS) is 11.8. The Kier molecular flexibility index (Phi) is 7.20. The van der Waals surface area contributed by atoms with Crippen molar-refractivity contribution in [3.63, 3.8) is 0 Å². The van der Waals surface area contributed by atoms with Crippen molar-refractivity contribution in [1.82, 2.24) is 15.4 Å². The molecule has 1 aromatic carbocycles. The van der Waals surface area contributed by atoms with E-state index < -0.39 is 5.97 Å². The highest BCUT2D eigenvalue weighted by molar-refractivity contribution is 5.74. The monoisotopic (exact) mass is 359 g/mol. The molecule has 7 heteroatoms. The number of carboxylic acid groups (broad SMARTS) is 1. The molecule has 26 heavy (non-hydrogen) atoms. The molecule has 0 radical (unpaired) electrons. The fourth-order valence-corrected chi connectivity index (χ4v) is 2.73. The van der Waals surface area contributed by atoms with E-state index in [9.17, 15) is 9.59 Å². The van der Waals surface area contributed by atoms with Crippen LogP contribution in [0, 0.1) is 0 Å². The molecule has 0 spiro atoms. The molecular formula is C19H25N3O4. The van der Waals surface area contributed by atoms with Crippen LogP contribution in [-0.4, -0.2) is 40.3 Å². The zero-order valence-electron chi connectivity index (χ0n) is 15.1. The number of aliphatic carboxylic acids is 1. The van der Waals surface area contributed by atoms with Gasteiger partial charge in [-0.2, -0.15) is 0 Å². The Labute approximate surface area is 153 Å². The first-order valence-electron chi connectivity index (χ1n) is 8.69. The maximum Gasteiger partial charge on any atom is 0.317 e. The van der Waals surface area contributed by atoms with Crippen molar-refractivity contribution in [2.75, 3.05) is 7.05 Å². The molecule has 2 rings (SSSR count). The minimum atomic E-state index is -0.872. The number of hydrogen-bond acceptors (Lipinski definition) is 4. The molecule has 0 aliphatic rings. The van der Waals surface area contributed by atoms with Gasteiger partial charge in [0, 0.05) is 25.1 Å². The minimum Gasteiger partial charge on any atom is -0.481 e. The summed E-state index contributed by atoms with van der Waals surface area (Å²) in [6, 6.07) is 9.21. The third kappa shape index (κ3) is 5.91. The van der Waals surface area contributed by atoms with E-state index in [1.807, 2.05) is 37.3 Å². The SMILES string of the molecule is CCc1nocc1CN(C)C(=O)NC(CCC(=O)O)Cc1ccccc1. The molecule has 1 heterocycles.